The highest BCUT2D eigenvalue weighted by atomic mass is 16.5. The molecule has 0 spiro atoms. The van der Waals surface area contributed by atoms with Gasteiger partial charge >= 0.3 is 5.97 Å². The Morgan fingerprint density at radius 2 is 2.08 bits per heavy atom. The Morgan fingerprint density at radius 3 is 2.67 bits per heavy atom. The lowest BCUT2D eigenvalue weighted by molar-refractivity contribution is -0.153. The van der Waals surface area contributed by atoms with Gasteiger partial charge in [-0.3, -0.25) is 9.59 Å². The molecule has 1 saturated carbocycles. The lowest BCUT2D eigenvalue weighted by Crippen LogP contribution is -2.33. The Labute approximate surface area is 70.5 Å². The van der Waals surface area contributed by atoms with Gasteiger partial charge in [-0.2, -0.15) is 0 Å². The zero-order valence-electron chi connectivity index (χ0n) is 6.73. The highest BCUT2D eigenvalue weighted by Gasteiger charge is 2.31. The molecule has 0 heterocycles. The fourth-order valence-corrected chi connectivity index (χ4v) is 1.61. The van der Waals surface area contributed by atoms with Crippen molar-refractivity contribution in [2.24, 2.45) is 5.92 Å². The summed E-state index contributed by atoms with van der Waals surface area (Å²) in [6.45, 7) is 0.339. The van der Waals surface area contributed by atoms with Gasteiger partial charge in [-0.1, -0.05) is 6.42 Å². The average molecular weight is 172 g/mol. The first-order valence-electron chi connectivity index (χ1n) is 4.07. The van der Waals surface area contributed by atoms with E-state index >= 15 is 0 Å². The third kappa shape index (κ3) is 1.96. The molecule has 1 fully saturated rings. The van der Waals surface area contributed by atoms with Crippen molar-refractivity contribution >= 4 is 12.4 Å². The normalized spacial score (nSPS) is 29.3. The lowest BCUT2D eigenvalue weighted by Gasteiger charge is -2.26. The molecule has 68 valence electrons. The van der Waals surface area contributed by atoms with E-state index in [0.29, 0.717) is 19.3 Å². The second kappa shape index (κ2) is 4.09. The van der Waals surface area contributed by atoms with E-state index in [1.54, 1.807) is 0 Å². The number of aliphatic carboxylic acids is 1. The van der Waals surface area contributed by atoms with E-state index in [4.69, 9.17) is 9.84 Å². The number of hydrogen-bond donors (Lipinski definition) is 1. The molecule has 1 aliphatic carbocycles. The quantitative estimate of drug-likeness (QED) is 0.639. The predicted octanol–water partition coefficient (Wildman–Crippen LogP) is 0.803. The minimum Gasteiger partial charge on any atom is -0.481 e. The van der Waals surface area contributed by atoms with Crippen molar-refractivity contribution in [3.63, 3.8) is 0 Å². The summed E-state index contributed by atoms with van der Waals surface area (Å²) < 4.78 is 4.70. The lowest BCUT2D eigenvalue weighted by atomic mass is 9.86. The maximum Gasteiger partial charge on any atom is 0.310 e. The van der Waals surface area contributed by atoms with Crippen molar-refractivity contribution in [1.29, 1.82) is 0 Å². The summed E-state index contributed by atoms with van der Waals surface area (Å²) in [5, 5.41) is 8.74. The number of carboxylic acid groups (broad SMARTS) is 1. The van der Waals surface area contributed by atoms with Gasteiger partial charge in [0.15, 0.2) is 0 Å². The van der Waals surface area contributed by atoms with E-state index in [9.17, 15) is 9.59 Å². The molecule has 0 aliphatic heterocycles. The molecular weight excluding hydrogens is 160 g/mol. The molecule has 0 amide bonds. The standard InChI is InChI=1S/C8H12O4/c9-5-12-7-4-2-1-3-6(7)8(10)11/h5-7H,1-4H2,(H,10,11). The van der Waals surface area contributed by atoms with Crippen LogP contribution in [0.4, 0.5) is 0 Å². The van der Waals surface area contributed by atoms with Gasteiger partial charge in [-0.25, -0.2) is 0 Å². The summed E-state index contributed by atoms with van der Waals surface area (Å²) in [5.41, 5.74) is 0. The first-order valence-corrected chi connectivity index (χ1v) is 4.07. The monoisotopic (exact) mass is 172 g/mol. The summed E-state index contributed by atoms with van der Waals surface area (Å²) in [6, 6.07) is 0. The van der Waals surface area contributed by atoms with E-state index in [-0.39, 0.29) is 0 Å². The van der Waals surface area contributed by atoms with Crippen molar-refractivity contribution in [1.82, 2.24) is 0 Å². The topological polar surface area (TPSA) is 63.6 Å². The highest BCUT2D eigenvalue weighted by molar-refractivity contribution is 5.71. The van der Waals surface area contributed by atoms with E-state index in [0.717, 1.165) is 12.8 Å². The second-order valence-corrected chi connectivity index (χ2v) is 3.00. The van der Waals surface area contributed by atoms with Crippen molar-refractivity contribution in [2.75, 3.05) is 0 Å². The molecular formula is C8H12O4. The SMILES string of the molecule is O=COC1CCCCC1C(=O)O. The first-order chi connectivity index (χ1) is 5.75. The van der Waals surface area contributed by atoms with Gasteiger partial charge in [-0.15, -0.1) is 0 Å². The van der Waals surface area contributed by atoms with Gasteiger partial charge in [0.2, 0.25) is 0 Å². The largest absolute Gasteiger partial charge is 0.481 e. The molecule has 0 bridgehead atoms. The Kier molecular flexibility index (Phi) is 3.08. The number of hydrogen-bond acceptors (Lipinski definition) is 3. The zero-order chi connectivity index (χ0) is 8.97. The van der Waals surface area contributed by atoms with Crippen LogP contribution in [0, 0.1) is 5.92 Å². The van der Waals surface area contributed by atoms with Gasteiger partial charge in [0.05, 0.1) is 5.92 Å². The van der Waals surface area contributed by atoms with E-state index < -0.39 is 18.0 Å². The maximum atomic E-state index is 10.6. The molecule has 0 aromatic rings. The van der Waals surface area contributed by atoms with Crippen molar-refractivity contribution in [2.45, 2.75) is 31.8 Å². The van der Waals surface area contributed by atoms with Crippen LogP contribution in [-0.4, -0.2) is 23.7 Å². The summed E-state index contributed by atoms with van der Waals surface area (Å²) in [7, 11) is 0. The molecule has 1 N–H and O–H groups in total. The first kappa shape index (κ1) is 9.03. The van der Waals surface area contributed by atoms with Crippen molar-refractivity contribution in [3.05, 3.63) is 0 Å². The number of carboxylic acids is 1. The highest BCUT2D eigenvalue weighted by Crippen LogP contribution is 2.26. The van der Waals surface area contributed by atoms with Crippen LogP contribution in [0.5, 0.6) is 0 Å². The Morgan fingerprint density at radius 1 is 1.42 bits per heavy atom. The van der Waals surface area contributed by atoms with Crippen LogP contribution in [0.3, 0.4) is 0 Å². The Hall–Kier alpha value is -1.06. The molecule has 2 unspecified atom stereocenters. The molecule has 2 atom stereocenters. The molecule has 0 saturated heterocycles. The molecule has 0 aromatic heterocycles. The maximum absolute atomic E-state index is 10.6. The molecule has 0 radical (unpaired) electrons. The number of carbonyl (C=O) groups excluding carboxylic acids is 1. The van der Waals surface area contributed by atoms with Gasteiger partial charge in [0, 0.05) is 0 Å². The molecule has 1 rings (SSSR count). The second-order valence-electron chi connectivity index (χ2n) is 3.00. The van der Waals surface area contributed by atoms with Crippen LogP contribution in [0.25, 0.3) is 0 Å². The van der Waals surface area contributed by atoms with E-state index in [1.807, 2.05) is 0 Å². The van der Waals surface area contributed by atoms with E-state index in [2.05, 4.69) is 0 Å². The van der Waals surface area contributed by atoms with Crippen LogP contribution >= 0.6 is 0 Å². The third-order valence-electron chi connectivity index (χ3n) is 2.25. The minimum atomic E-state index is -0.860. The minimum absolute atomic E-state index is 0.339. The summed E-state index contributed by atoms with van der Waals surface area (Å²) in [5.74, 6) is -1.36. The third-order valence-corrected chi connectivity index (χ3v) is 2.25. The van der Waals surface area contributed by atoms with Gasteiger partial charge in [-0.05, 0) is 19.3 Å². The smallest absolute Gasteiger partial charge is 0.310 e. The van der Waals surface area contributed by atoms with Gasteiger partial charge < -0.3 is 9.84 Å². The fraction of sp³-hybridized carbons (Fsp3) is 0.750. The summed E-state index contributed by atoms with van der Waals surface area (Å²) in [6.07, 6.45) is 2.75. The van der Waals surface area contributed by atoms with Crippen LogP contribution < -0.4 is 0 Å². The zero-order valence-corrected chi connectivity index (χ0v) is 6.73. The van der Waals surface area contributed by atoms with Crippen LogP contribution in [0.2, 0.25) is 0 Å². The van der Waals surface area contributed by atoms with Gasteiger partial charge in [0.25, 0.3) is 6.47 Å². The van der Waals surface area contributed by atoms with Crippen molar-refractivity contribution in [3.8, 4) is 0 Å². The van der Waals surface area contributed by atoms with Crippen LogP contribution in [0.15, 0.2) is 0 Å². The molecule has 12 heavy (non-hydrogen) atoms. The van der Waals surface area contributed by atoms with Crippen LogP contribution in [0.1, 0.15) is 25.7 Å². The van der Waals surface area contributed by atoms with Crippen LogP contribution in [-0.2, 0) is 14.3 Å². The number of ether oxygens (including phenoxy) is 1. The fourth-order valence-electron chi connectivity index (χ4n) is 1.61. The summed E-state index contributed by atoms with van der Waals surface area (Å²) in [4.78, 5) is 20.7. The summed E-state index contributed by atoms with van der Waals surface area (Å²) >= 11 is 0. The van der Waals surface area contributed by atoms with E-state index in [1.165, 1.54) is 0 Å². The molecule has 4 heteroatoms. The molecule has 0 aromatic carbocycles. The average Bonchev–Trinajstić information content (AvgIpc) is 2.05. The Bertz CT molecular complexity index is 178. The Balaban J connectivity index is 2.53. The molecule has 1 aliphatic rings. The van der Waals surface area contributed by atoms with Crippen molar-refractivity contribution < 1.29 is 19.4 Å². The number of carbonyl (C=O) groups is 2. The van der Waals surface area contributed by atoms with Gasteiger partial charge in [0.1, 0.15) is 6.10 Å². The molecule has 4 nitrogen and oxygen atoms in total. The number of rotatable bonds is 3. The predicted molar refractivity (Wildman–Crippen MR) is 40.5 cm³/mol.